The molecule has 3 rings (SSSR count). The zero-order valence-electron chi connectivity index (χ0n) is 11.1. The molecule has 0 amide bonds. The summed E-state index contributed by atoms with van der Waals surface area (Å²) in [7, 11) is 0. The number of rotatable bonds is 3. The molecule has 0 bridgehead atoms. The largest absolute Gasteiger partial charge is 0.349 e. The van der Waals surface area contributed by atoms with E-state index >= 15 is 0 Å². The van der Waals surface area contributed by atoms with Crippen LogP contribution in [0.2, 0.25) is 5.02 Å². The minimum absolute atomic E-state index is 0.0466. The number of H-pyrrole nitrogens is 1. The lowest BCUT2D eigenvalue weighted by Crippen LogP contribution is -2.05. The van der Waals surface area contributed by atoms with Gasteiger partial charge in [-0.05, 0) is 36.8 Å². The molecule has 20 heavy (non-hydrogen) atoms. The lowest BCUT2D eigenvalue weighted by atomic mass is 10.1. The Bertz CT molecular complexity index is 716. The number of hydrogen-bond acceptors (Lipinski definition) is 2. The smallest absolute Gasteiger partial charge is 0.0780 e. The maximum atomic E-state index is 6.27. The van der Waals surface area contributed by atoms with Gasteiger partial charge in [-0.3, -0.25) is 0 Å². The highest BCUT2D eigenvalue weighted by molar-refractivity contribution is 7.99. The highest BCUT2D eigenvalue weighted by Gasteiger charge is 2.08. The normalized spacial score (nSPS) is 12.8. The molecule has 1 unspecified atom stereocenters. The molecular weight excluding hydrogens is 288 g/mol. The molecular formula is C16H15ClN2S. The molecule has 2 aromatic carbocycles. The van der Waals surface area contributed by atoms with Crippen LogP contribution in [0.4, 0.5) is 0 Å². The van der Waals surface area contributed by atoms with Gasteiger partial charge in [-0.1, -0.05) is 47.6 Å². The first-order valence-electron chi connectivity index (χ1n) is 6.44. The third-order valence-electron chi connectivity index (χ3n) is 3.20. The number of fused-ring (bicyclic) bond motifs is 1. The maximum absolute atomic E-state index is 6.27. The topological polar surface area (TPSA) is 41.8 Å². The van der Waals surface area contributed by atoms with Crippen molar-refractivity contribution in [3.63, 3.8) is 0 Å². The summed E-state index contributed by atoms with van der Waals surface area (Å²) in [6.07, 6.45) is 0. The first kappa shape index (κ1) is 13.6. The van der Waals surface area contributed by atoms with Gasteiger partial charge in [0.05, 0.1) is 5.03 Å². The van der Waals surface area contributed by atoms with Crippen molar-refractivity contribution >= 4 is 34.3 Å². The average Bonchev–Trinajstić information content (AvgIpc) is 2.80. The molecule has 1 atom stereocenters. The second-order valence-corrected chi connectivity index (χ2v) is 6.32. The number of nitrogens with two attached hydrogens (primary N) is 1. The number of nitrogens with one attached hydrogen (secondary N) is 1. The monoisotopic (exact) mass is 302 g/mol. The minimum atomic E-state index is -0.0466. The molecule has 0 saturated heterocycles. The molecule has 1 aromatic heterocycles. The Hall–Kier alpha value is -1.42. The van der Waals surface area contributed by atoms with Gasteiger partial charge in [0.25, 0.3) is 0 Å². The second kappa shape index (κ2) is 5.52. The van der Waals surface area contributed by atoms with E-state index in [0.29, 0.717) is 0 Å². The van der Waals surface area contributed by atoms with Crippen LogP contribution in [0.5, 0.6) is 0 Å². The fraction of sp³-hybridized carbons (Fsp3) is 0.125. The van der Waals surface area contributed by atoms with Crippen LogP contribution in [-0.2, 0) is 0 Å². The first-order valence-corrected chi connectivity index (χ1v) is 7.63. The number of aromatic amines is 1. The van der Waals surface area contributed by atoms with Gasteiger partial charge in [0.1, 0.15) is 0 Å². The van der Waals surface area contributed by atoms with Crippen molar-refractivity contribution in [1.29, 1.82) is 0 Å². The van der Waals surface area contributed by atoms with Crippen LogP contribution in [-0.4, -0.2) is 4.98 Å². The predicted molar refractivity (Wildman–Crippen MR) is 86.5 cm³/mol. The van der Waals surface area contributed by atoms with Crippen molar-refractivity contribution in [2.45, 2.75) is 22.9 Å². The Morgan fingerprint density at radius 2 is 1.95 bits per heavy atom. The Labute approximate surface area is 127 Å². The summed E-state index contributed by atoms with van der Waals surface area (Å²) >= 11 is 7.93. The average molecular weight is 303 g/mol. The molecule has 3 aromatic rings. The van der Waals surface area contributed by atoms with E-state index in [2.05, 4.69) is 29.2 Å². The third kappa shape index (κ3) is 2.70. The molecule has 102 valence electrons. The van der Waals surface area contributed by atoms with E-state index in [0.717, 1.165) is 26.0 Å². The zero-order chi connectivity index (χ0) is 14.1. The maximum Gasteiger partial charge on any atom is 0.0780 e. The van der Waals surface area contributed by atoms with Gasteiger partial charge in [0.2, 0.25) is 0 Å². The van der Waals surface area contributed by atoms with E-state index < -0.39 is 0 Å². The number of para-hydroxylation sites is 1. The van der Waals surface area contributed by atoms with Crippen LogP contribution in [0.15, 0.2) is 58.5 Å². The SMILES string of the molecule is CC(N)c1ccc(Sc2cc3ccccc3[nH]2)cc1Cl. The number of hydrogen-bond donors (Lipinski definition) is 2. The fourth-order valence-corrected chi connectivity index (χ4v) is 3.50. The van der Waals surface area contributed by atoms with Gasteiger partial charge >= 0.3 is 0 Å². The van der Waals surface area contributed by atoms with Crippen LogP contribution in [0.1, 0.15) is 18.5 Å². The van der Waals surface area contributed by atoms with Crippen LogP contribution in [0.25, 0.3) is 10.9 Å². The summed E-state index contributed by atoms with van der Waals surface area (Å²) in [5.74, 6) is 0. The molecule has 0 aliphatic carbocycles. The molecule has 0 fully saturated rings. The van der Waals surface area contributed by atoms with Crippen molar-refractivity contribution < 1.29 is 0 Å². The Kier molecular flexibility index (Phi) is 3.74. The quantitative estimate of drug-likeness (QED) is 0.715. The van der Waals surface area contributed by atoms with E-state index in [1.807, 2.05) is 31.2 Å². The standard InChI is InChI=1S/C16H15ClN2S/c1-10(18)13-7-6-12(9-14(13)17)20-16-8-11-4-2-3-5-15(11)19-16/h2-10,19H,18H2,1H3. The zero-order valence-corrected chi connectivity index (χ0v) is 12.6. The molecule has 0 saturated carbocycles. The summed E-state index contributed by atoms with van der Waals surface area (Å²) in [5.41, 5.74) is 8.00. The third-order valence-corrected chi connectivity index (χ3v) is 4.45. The van der Waals surface area contributed by atoms with Crippen molar-refractivity contribution in [3.05, 3.63) is 59.1 Å². The van der Waals surface area contributed by atoms with E-state index in [1.165, 1.54) is 5.39 Å². The fourth-order valence-electron chi connectivity index (χ4n) is 2.17. The molecule has 3 N–H and O–H groups in total. The van der Waals surface area contributed by atoms with Crippen LogP contribution < -0.4 is 5.73 Å². The van der Waals surface area contributed by atoms with Crippen molar-refractivity contribution in [2.75, 3.05) is 0 Å². The van der Waals surface area contributed by atoms with Gasteiger partial charge in [0, 0.05) is 26.9 Å². The second-order valence-electron chi connectivity index (χ2n) is 4.79. The highest BCUT2D eigenvalue weighted by Crippen LogP contribution is 2.33. The number of benzene rings is 2. The number of aromatic nitrogens is 1. The van der Waals surface area contributed by atoms with Crippen LogP contribution in [0.3, 0.4) is 0 Å². The van der Waals surface area contributed by atoms with E-state index in [-0.39, 0.29) is 6.04 Å². The minimum Gasteiger partial charge on any atom is -0.349 e. The van der Waals surface area contributed by atoms with Crippen LogP contribution in [0, 0.1) is 0 Å². The lowest BCUT2D eigenvalue weighted by Gasteiger charge is -2.09. The molecule has 0 aliphatic heterocycles. The molecule has 0 spiro atoms. The molecule has 2 nitrogen and oxygen atoms in total. The van der Waals surface area contributed by atoms with Crippen molar-refractivity contribution in [2.24, 2.45) is 5.73 Å². The van der Waals surface area contributed by atoms with Gasteiger partial charge < -0.3 is 10.7 Å². The van der Waals surface area contributed by atoms with E-state index in [9.17, 15) is 0 Å². The molecule has 1 heterocycles. The van der Waals surface area contributed by atoms with Crippen molar-refractivity contribution in [1.82, 2.24) is 4.98 Å². The molecule has 0 radical (unpaired) electrons. The Balaban J connectivity index is 1.89. The Morgan fingerprint density at radius 3 is 2.65 bits per heavy atom. The van der Waals surface area contributed by atoms with Crippen molar-refractivity contribution in [3.8, 4) is 0 Å². The predicted octanol–water partition coefficient (Wildman–Crippen LogP) is 4.99. The van der Waals surface area contributed by atoms with Crippen LogP contribution >= 0.6 is 23.4 Å². The van der Waals surface area contributed by atoms with Gasteiger partial charge in [-0.2, -0.15) is 0 Å². The lowest BCUT2D eigenvalue weighted by molar-refractivity contribution is 0.817. The Morgan fingerprint density at radius 1 is 1.15 bits per heavy atom. The summed E-state index contributed by atoms with van der Waals surface area (Å²) in [6.45, 7) is 1.94. The first-order chi connectivity index (χ1) is 9.63. The van der Waals surface area contributed by atoms with Gasteiger partial charge in [0.15, 0.2) is 0 Å². The molecule has 4 heteroatoms. The van der Waals surface area contributed by atoms with Gasteiger partial charge in [-0.25, -0.2) is 0 Å². The molecule has 0 aliphatic rings. The summed E-state index contributed by atoms with van der Waals surface area (Å²) in [4.78, 5) is 4.50. The summed E-state index contributed by atoms with van der Waals surface area (Å²) in [6, 6.07) is 16.4. The number of halogens is 1. The summed E-state index contributed by atoms with van der Waals surface area (Å²) < 4.78 is 0. The van der Waals surface area contributed by atoms with E-state index in [1.54, 1.807) is 11.8 Å². The highest BCUT2D eigenvalue weighted by atomic mass is 35.5. The van der Waals surface area contributed by atoms with E-state index in [4.69, 9.17) is 17.3 Å². The van der Waals surface area contributed by atoms with Gasteiger partial charge in [-0.15, -0.1) is 0 Å². The summed E-state index contributed by atoms with van der Waals surface area (Å²) in [5, 5.41) is 3.05.